The number of nitrogens with zero attached hydrogens (tertiary/aromatic N) is 2. The van der Waals surface area contributed by atoms with Gasteiger partial charge in [-0.1, -0.05) is 11.6 Å². The van der Waals surface area contributed by atoms with Gasteiger partial charge in [0, 0.05) is 17.2 Å². The summed E-state index contributed by atoms with van der Waals surface area (Å²) in [6.07, 6.45) is 0. The largest absolute Gasteiger partial charge is 0.493 e. The molecule has 2 aromatic carbocycles. The Balaban J connectivity index is 2.48. The molecule has 0 radical (unpaired) electrons. The van der Waals surface area contributed by atoms with Crippen LogP contribution in [0.4, 0.5) is 11.4 Å². The van der Waals surface area contributed by atoms with E-state index in [1.807, 2.05) is 0 Å². The molecule has 0 fully saturated rings. The van der Waals surface area contributed by atoms with Crippen molar-refractivity contribution in [1.82, 2.24) is 0 Å². The van der Waals surface area contributed by atoms with E-state index in [-0.39, 0.29) is 33.6 Å². The maximum absolute atomic E-state index is 11.0. The highest BCUT2D eigenvalue weighted by atomic mass is 35.5. The first-order valence-electron chi connectivity index (χ1n) is 5.86. The molecule has 22 heavy (non-hydrogen) atoms. The summed E-state index contributed by atoms with van der Waals surface area (Å²) in [7, 11) is 1.35. The molecule has 0 spiro atoms. The number of nitro benzene ring substituents is 2. The lowest BCUT2D eigenvalue weighted by atomic mass is 10.2. The summed E-state index contributed by atoms with van der Waals surface area (Å²) in [5.74, 6) is 0.0881. The van der Waals surface area contributed by atoms with Crippen molar-refractivity contribution in [3.05, 3.63) is 61.6 Å². The van der Waals surface area contributed by atoms with Crippen LogP contribution in [0.15, 0.2) is 36.4 Å². The van der Waals surface area contributed by atoms with Crippen LogP contribution in [0.3, 0.4) is 0 Å². The summed E-state index contributed by atoms with van der Waals surface area (Å²) < 4.78 is 10.4. The van der Waals surface area contributed by atoms with Crippen molar-refractivity contribution in [2.75, 3.05) is 7.11 Å². The van der Waals surface area contributed by atoms with Gasteiger partial charge in [-0.05, 0) is 18.2 Å². The second-order valence-corrected chi connectivity index (χ2v) is 4.50. The van der Waals surface area contributed by atoms with Crippen molar-refractivity contribution in [1.29, 1.82) is 0 Å². The first kappa shape index (κ1) is 15.5. The van der Waals surface area contributed by atoms with Crippen LogP contribution in [-0.4, -0.2) is 17.0 Å². The van der Waals surface area contributed by atoms with Crippen LogP contribution in [0.1, 0.15) is 0 Å². The van der Waals surface area contributed by atoms with Crippen LogP contribution in [0, 0.1) is 20.2 Å². The first-order valence-corrected chi connectivity index (χ1v) is 6.24. The van der Waals surface area contributed by atoms with E-state index in [1.165, 1.54) is 31.4 Å². The summed E-state index contributed by atoms with van der Waals surface area (Å²) in [6.45, 7) is 0. The molecule has 2 rings (SSSR count). The van der Waals surface area contributed by atoms with Gasteiger partial charge in [-0.15, -0.1) is 0 Å². The fourth-order valence-electron chi connectivity index (χ4n) is 1.70. The predicted octanol–water partition coefficient (Wildman–Crippen LogP) is 3.96. The van der Waals surface area contributed by atoms with E-state index < -0.39 is 9.85 Å². The quantitative estimate of drug-likeness (QED) is 0.609. The lowest BCUT2D eigenvalue weighted by molar-refractivity contribution is -0.386. The number of rotatable bonds is 5. The molecule has 0 amide bonds. The van der Waals surface area contributed by atoms with Gasteiger partial charge < -0.3 is 9.47 Å². The summed E-state index contributed by atoms with van der Waals surface area (Å²) in [5.41, 5.74) is -0.589. The van der Waals surface area contributed by atoms with Gasteiger partial charge in [0.25, 0.3) is 5.69 Å². The average Bonchev–Trinajstić information content (AvgIpc) is 2.48. The Kier molecular flexibility index (Phi) is 4.42. The first-order chi connectivity index (χ1) is 10.4. The minimum atomic E-state index is -0.662. The second kappa shape index (κ2) is 6.27. The Morgan fingerprint density at radius 3 is 2.23 bits per heavy atom. The van der Waals surface area contributed by atoms with E-state index in [0.29, 0.717) is 0 Å². The number of methoxy groups -OCH3 is 1. The lowest BCUT2D eigenvalue weighted by Gasteiger charge is -2.10. The molecule has 0 aromatic heterocycles. The maximum Gasteiger partial charge on any atom is 0.313 e. The molecule has 9 heteroatoms. The zero-order chi connectivity index (χ0) is 16.3. The molecule has 0 unspecified atom stereocenters. The SMILES string of the molecule is COc1ccc([N+](=O)[O-])cc1Oc1ccc(Cl)cc1[N+](=O)[O-]. The van der Waals surface area contributed by atoms with E-state index in [9.17, 15) is 20.2 Å². The van der Waals surface area contributed by atoms with Gasteiger partial charge in [0.05, 0.1) is 23.0 Å². The minimum absolute atomic E-state index is 0.0119. The molecular formula is C13H9ClN2O6. The zero-order valence-electron chi connectivity index (χ0n) is 11.2. The van der Waals surface area contributed by atoms with E-state index in [1.54, 1.807) is 0 Å². The molecule has 0 atom stereocenters. The minimum Gasteiger partial charge on any atom is -0.493 e. The molecule has 0 N–H and O–H groups in total. The molecule has 114 valence electrons. The van der Waals surface area contributed by atoms with Gasteiger partial charge in [-0.2, -0.15) is 0 Å². The number of non-ortho nitro benzene ring substituents is 1. The summed E-state index contributed by atoms with van der Waals surface area (Å²) in [6, 6.07) is 7.54. The number of ether oxygens (including phenoxy) is 2. The van der Waals surface area contributed by atoms with Gasteiger partial charge in [0.15, 0.2) is 11.5 Å². The van der Waals surface area contributed by atoms with E-state index in [0.717, 1.165) is 12.1 Å². The highest BCUT2D eigenvalue weighted by Crippen LogP contribution is 2.39. The molecule has 0 bridgehead atoms. The smallest absolute Gasteiger partial charge is 0.313 e. The maximum atomic E-state index is 11.0. The Labute approximate surface area is 129 Å². The molecule has 8 nitrogen and oxygen atoms in total. The van der Waals surface area contributed by atoms with Crippen molar-refractivity contribution < 1.29 is 19.3 Å². The van der Waals surface area contributed by atoms with Crippen LogP contribution >= 0.6 is 11.6 Å². The van der Waals surface area contributed by atoms with Crippen molar-refractivity contribution in [2.45, 2.75) is 0 Å². The van der Waals surface area contributed by atoms with E-state index >= 15 is 0 Å². The number of benzene rings is 2. The van der Waals surface area contributed by atoms with Crippen molar-refractivity contribution >= 4 is 23.0 Å². The van der Waals surface area contributed by atoms with E-state index in [4.69, 9.17) is 21.1 Å². The molecular weight excluding hydrogens is 316 g/mol. The predicted molar refractivity (Wildman–Crippen MR) is 77.8 cm³/mol. The van der Waals surface area contributed by atoms with Crippen LogP contribution in [0.2, 0.25) is 5.02 Å². The number of hydrogen-bond acceptors (Lipinski definition) is 6. The zero-order valence-corrected chi connectivity index (χ0v) is 11.9. The van der Waals surface area contributed by atoms with Gasteiger partial charge in [0.1, 0.15) is 0 Å². The number of hydrogen-bond donors (Lipinski definition) is 0. The third-order valence-electron chi connectivity index (χ3n) is 2.70. The molecule has 0 heterocycles. The Hall–Kier alpha value is -2.87. The third-order valence-corrected chi connectivity index (χ3v) is 2.93. The Morgan fingerprint density at radius 2 is 1.64 bits per heavy atom. The highest BCUT2D eigenvalue weighted by molar-refractivity contribution is 6.30. The van der Waals surface area contributed by atoms with Crippen molar-refractivity contribution in [3.8, 4) is 17.2 Å². The van der Waals surface area contributed by atoms with Crippen LogP contribution < -0.4 is 9.47 Å². The topological polar surface area (TPSA) is 105 Å². The fourth-order valence-corrected chi connectivity index (χ4v) is 1.86. The van der Waals surface area contributed by atoms with E-state index in [2.05, 4.69) is 0 Å². The monoisotopic (exact) mass is 324 g/mol. The number of halogens is 1. The van der Waals surface area contributed by atoms with Gasteiger partial charge in [-0.25, -0.2) is 0 Å². The second-order valence-electron chi connectivity index (χ2n) is 4.06. The molecule has 0 saturated carbocycles. The van der Waals surface area contributed by atoms with Crippen molar-refractivity contribution in [2.24, 2.45) is 0 Å². The lowest BCUT2D eigenvalue weighted by Crippen LogP contribution is -1.96. The standard InChI is InChI=1S/C13H9ClN2O6/c1-21-12-5-3-9(15(17)18)7-13(12)22-11-4-2-8(14)6-10(11)16(19)20/h2-7H,1H3. The number of nitro groups is 2. The average molecular weight is 325 g/mol. The highest BCUT2D eigenvalue weighted by Gasteiger charge is 2.20. The molecule has 0 aliphatic rings. The van der Waals surface area contributed by atoms with Crippen LogP contribution in [0.5, 0.6) is 17.2 Å². The summed E-state index contributed by atoms with van der Waals surface area (Å²) in [4.78, 5) is 20.6. The van der Waals surface area contributed by atoms with Gasteiger partial charge in [0.2, 0.25) is 5.75 Å². The van der Waals surface area contributed by atoms with Crippen LogP contribution in [0.25, 0.3) is 0 Å². The Bertz CT molecular complexity index is 749. The van der Waals surface area contributed by atoms with Gasteiger partial charge >= 0.3 is 5.69 Å². The molecule has 0 aliphatic heterocycles. The van der Waals surface area contributed by atoms with Crippen LogP contribution in [-0.2, 0) is 0 Å². The molecule has 0 saturated heterocycles. The Morgan fingerprint density at radius 1 is 0.955 bits per heavy atom. The molecule has 0 aliphatic carbocycles. The molecule has 2 aromatic rings. The normalized spacial score (nSPS) is 10.1. The summed E-state index contributed by atoms with van der Waals surface area (Å²) in [5, 5.41) is 22.0. The van der Waals surface area contributed by atoms with Gasteiger partial charge in [-0.3, -0.25) is 20.2 Å². The van der Waals surface area contributed by atoms with Crippen molar-refractivity contribution in [3.63, 3.8) is 0 Å². The third kappa shape index (κ3) is 3.23. The fraction of sp³-hybridized carbons (Fsp3) is 0.0769. The summed E-state index contributed by atoms with van der Waals surface area (Å²) >= 11 is 5.72.